The smallest absolute Gasteiger partial charge is 0.370 e. The molecule has 0 bridgehead atoms. The van der Waals surface area contributed by atoms with Crippen LogP contribution in [0.1, 0.15) is 16.8 Å². The molecular weight excluding hydrogens is 383 g/mol. The van der Waals surface area contributed by atoms with Gasteiger partial charge in [0.1, 0.15) is 11.5 Å². The van der Waals surface area contributed by atoms with Gasteiger partial charge in [-0.25, -0.2) is 8.42 Å². The Bertz CT molecular complexity index is 950. The Balaban J connectivity index is 1.64. The maximum Gasteiger partial charge on any atom is 0.416 e. The molecule has 3 heterocycles. The summed E-state index contributed by atoms with van der Waals surface area (Å²) in [5.74, 6) is 0. The van der Waals surface area contributed by atoms with E-state index in [4.69, 9.17) is 4.74 Å². The van der Waals surface area contributed by atoms with E-state index in [-0.39, 0.29) is 6.10 Å². The molecule has 2 aliphatic rings. The van der Waals surface area contributed by atoms with Crippen LogP contribution in [0.15, 0.2) is 24.3 Å². The van der Waals surface area contributed by atoms with Crippen LogP contribution >= 0.6 is 0 Å². The molecule has 1 aromatic carbocycles. The summed E-state index contributed by atoms with van der Waals surface area (Å²) in [6.07, 6.45) is -2.95. The summed E-state index contributed by atoms with van der Waals surface area (Å²) in [5.41, 5.74) is 2.08. The number of hydrogen-bond donors (Lipinski definition) is 1. The molecule has 0 amide bonds. The maximum absolute atomic E-state index is 12.8. The maximum atomic E-state index is 12.8. The number of halogens is 3. The Labute approximate surface area is 154 Å². The third kappa shape index (κ3) is 3.61. The molecule has 146 valence electrons. The lowest BCUT2D eigenvalue weighted by Crippen LogP contribution is -2.46. The second-order valence-corrected chi connectivity index (χ2v) is 9.06. The molecule has 1 saturated heterocycles. The Kier molecular flexibility index (Phi) is 4.32. The van der Waals surface area contributed by atoms with E-state index in [1.54, 1.807) is 0 Å². The van der Waals surface area contributed by atoms with E-state index in [1.165, 1.54) is 18.4 Å². The van der Waals surface area contributed by atoms with E-state index in [9.17, 15) is 21.6 Å². The van der Waals surface area contributed by atoms with Gasteiger partial charge in [-0.3, -0.25) is 10.00 Å². The third-order valence-corrected chi connectivity index (χ3v) is 6.40. The van der Waals surface area contributed by atoms with Crippen LogP contribution in [-0.2, 0) is 33.7 Å². The van der Waals surface area contributed by atoms with Gasteiger partial charge in [0.25, 0.3) is 0 Å². The zero-order valence-electron chi connectivity index (χ0n) is 14.5. The summed E-state index contributed by atoms with van der Waals surface area (Å²) in [6.45, 7) is 1.30. The van der Waals surface area contributed by atoms with Crippen molar-refractivity contribution in [1.82, 2.24) is 15.1 Å². The van der Waals surface area contributed by atoms with Crippen LogP contribution in [0.3, 0.4) is 0 Å². The number of hydrogen-bond acceptors (Lipinski definition) is 5. The summed E-state index contributed by atoms with van der Waals surface area (Å²) in [5, 5.41) is 6.47. The van der Waals surface area contributed by atoms with Crippen molar-refractivity contribution in [3.05, 3.63) is 41.1 Å². The summed E-state index contributed by atoms with van der Waals surface area (Å²) in [6, 6.07) is 4.81. The zero-order valence-corrected chi connectivity index (χ0v) is 15.3. The van der Waals surface area contributed by atoms with E-state index in [1.807, 2.05) is 4.90 Å². The number of H-pyrrole nitrogens is 1. The molecule has 1 N–H and O–H groups in total. The van der Waals surface area contributed by atoms with E-state index < -0.39 is 27.0 Å². The van der Waals surface area contributed by atoms with Gasteiger partial charge in [0.05, 0.1) is 17.9 Å². The lowest BCUT2D eigenvalue weighted by atomic mass is 10.00. The quantitative estimate of drug-likeness (QED) is 0.795. The van der Waals surface area contributed by atoms with Crippen molar-refractivity contribution in [3.63, 3.8) is 0 Å². The number of benzene rings is 1. The Morgan fingerprint density at radius 2 is 1.96 bits per heavy atom. The normalized spacial score (nSPS) is 21.7. The fraction of sp³-hybridized carbons (Fsp3) is 0.471. The average molecular weight is 401 g/mol. The third-order valence-electron chi connectivity index (χ3n) is 4.92. The summed E-state index contributed by atoms with van der Waals surface area (Å²) in [4.78, 5) is 1.85. The first kappa shape index (κ1) is 18.5. The van der Waals surface area contributed by atoms with Crippen LogP contribution in [0.5, 0.6) is 0 Å². The number of aromatic nitrogens is 2. The van der Waals surface area contributed by atoms with Gasteiger partial charge in [-0.1, -0.05) is 12.1 Å². The first-order valence-corrected chi connectivity index (χ1v) is 10.4. The van der Waals surface area contributed by atoms with Gasteiger partial charge in [0.2, 0.25) is 0 Å². The van der Waals surface area contributed by atoms with Crippen LogP contribution < -0.4 is 0 Å². The van der Waals surface area contributed by atoms with Gasteiger partial charge >= 0.3 is 6.18 Å². The highest BCUT2D eigenvalue weighted by atomic mass is 32.2. The summed E-state index contributed by atoms with van der Waals surface area (Å²) < 4.78 is 67.9. The predicted molar refractivity (Wildman–Crippen MR) is 91.5 cm³/mol. The lowest BCUT2D eigenvalue weighted by molar-refractivity contribution is -0.137. The molecule has 0 radical (unpaired) electrons. The highest BCUT2D eigenvalue weighted by Gasteiger charge is 2.44. The van der Waals surface area contributed by atoms with Gasteiger partial charge < -0.3 is 4.74 Å². The molecule has 2 unspecified atom stereocenters. The molecule has 4 rings (SSSR count). The number of ether oxygens (including phenoxy) is 1. The van der Waals surface area contributed by atoms with Crippen LogP contribution in [0.25, 0.3) is 11.3 Å². The minimum absolute atomic E-state index is 0.331. The van der Waals surface area contributed by atoms with Gasteiger partial charge in [-0.05, 0) is 12.1 Å². The number of alkyl halides is 3. The molecular formula is C17H18F3N3O3S. The minimum atomic E-state index is -4.40. The number of aromatic amines is 1. The largest absolute Gasteiger partial charge is 0.416 e. The van der Waals surface area contributed by atoms with Crippen molar-refractivity contribution >= 4 is 9.84 Å². The Morgan fingerprint density at radius 1 is 1.30 bits per heavy atom. The fourth-order valence-electron chi connectivity index (χ4n) is 3.59. The van der Waals surface area contributed by atoms with Gasteiger partial charge in [0, 0.05) is 42.6 Å². The number of nitrogens with one attached hydrogen (secondary N) is 1. The molecule has 2 atom stereocenters. The van der Waals surface area contributed by atoms with E-state index in [2.05, 4.69) is 10.2 Å². The molecule has 27 heavy (non-hydrogen) atoms. The van der Waals surface area contributed by atoms with Crippen molar-refractivity contribution in [2.45, 2.75) is 30.6 Å². The van der Waals surface area contributed by atoms with Gasteiger partial charge in [-0.2, -0.15) is 18.3 Å². The van der Waals surface area contributed by atoms with Crippen molar-refractivity contribution in [2.24, 2.45) is 0 Å². The van der Waals surface area contributed by atoms with E-state index in [0.717, 1.165) is 23.4 Å². The molecule has 2 aromatic rings. The van der Waals surface area contributed by atoms with Crippen LogP contribution in [0.4, 0.5) is 13.2 Å². The second kappa shape index (κ2) is 6.32. The van der Waals surface area contributed by atoms with Crippen molar-refractivity contribution in [1.29, 1.82) is 0 Å². The van der Waals surface area contributed by atoms with Crippen LogP contribution in [0, 0.1) is 0 Å². The number of epoxide rings is 1. The Hall–Kier alpha value is -1.91. The minimum Gasteiger partial charge on any atom is -0.370 e. The Morgan fingerprint density at radius 3 is 2.52 bits per heavy atom. The standard InChI is InChI=1S/C17H18F3N3O3S/c1-27(24,25)16(14-9-26-14)23-7-6-13-12(8-23)15(22-21-13)10-2-4-11(5-3-10)17(18,19)20/h2-5,14,16H,6-9H2,1H3,(H,21,22). The zero-order chi connectivity index (χ0) is 19.4. The number of nitrogens with zero attached hydrogens (tertiary/aromatic N) is 2. The SMILES string of the molecule is CS(=O)(=O)C(C1CO1)N1CCc2[nH]nc(-c3ccc(C(F)(F)F)cc3)c2C1. The molecule has 0 saturated carbocycles. The molecule has 1 fully saturated rings. The second-order valence-electron chi connectivity index (χ2n) is 6.92. The van der Waals surface area contributed by atoms with Crippen molar-refractivity contribution in [3.8, 4) is 11.3 Å². The number of rotatable bonds is 4. The predicted octanol–water partition coefficient (Wildman–Crippen LogP) is 2.22. The summed E-state index contributed by atoms with van der Waals surface area (Å²) in [7, 11) is -3.34. The van der Waals surface area contributed by atoms with Crippen molar-refractivity contribution in [2.75, 3.05) is 19.4 Å². The molecule has 6 nitrogen and oxygen atoms in total. The highest BCUT2D eigenvalue weighted by molar-refractivity contribution is 7.91. The first-order chi connectivity index (χ1) is 12.6. The number of fused-ring (bicyclic) bond motifs is 1. The highest BCUT2D eigenvalue weighted by Crippen LogP contribution is 2.34. The fourth-order valence-corrected chi connectivity index (χ4v) is 5.02. The van der Waals surface area contributed by atoms with Gasteiger partial charge in [-0.15, -0.1) is 0 Å². The molecule has 10 heteroatoms. The molecule has 0 aliphatic carbocycles. The average Bonchev–Trinajstić information content (AvgIpc) is 3.31. The molecule has 0 spiro atoms. The topological polar surface area (TPSA) is 78.6 Å². The summed E-state index contributed by atoms with van der Waals surface area (Å²) >= 11 is 0. The monoisotopic (exact) mass is 401 g/mol. The molecule has 2 aliphatic heterocycles. The van der Waals surface area contributed by atoms with E-state index in [0.29, 0.717) is 37.4 Å². The van der Waals surface area contributed by atoms with Gasteiger partial charge in [0.15, 0.2) is 9.84 Å². The van der Waals surface area contributed by atoms with E-state index >= 15 is 0 Å². The van der Waals surface area contributed by atoms with Crippen LogP contribution in [-0.4, -0.2) is 54.4 Å². The molecule has 1 aromatic heterocycles. The lowest BCUT2D eigenvalue weighted by Gasteiger charge is -2.32. The number of sulfone groups is 1. The first-order valence-electron chi connectivity index (χ1n) is 8.43. The van der Waals surface area contributed by atoms with Crippen LogP contribution in [0.2, 0.25) is 0 Å². The van der Waals surface area contributed by atoms with Crippen molar-refractivity contribution < 1.29 is 26.3 Å².